The summed E-state index contributed by atoms with van der Waals surface area (Å²) in [5, 5.41) is 13.0. The molecular formula is C12H21N3O2. The van der Waals surface area contributed by atoms with Crippen molar-refractivity contribution in [3.05, 3.63) is 22.7 Å². The highest BCUT2D eigenvalue weighted by Gasteiger charge is 2.35. The Bertz CT molecular complexity index is 444. The zero-order valence-electron chi connectivity index (χ0n) is 11.1. The van der Waals surface area contributed by atoms with Crippen molar-refractivity contribution in [2.75, 3.05) is 5.32 Å². The van der Waals surface area contributed by atoms with Crippen LogP contribution in [-0.4, -0.2) is 25.8 Å². The van der Waals surface area contributed by atoms with Crippen molar-refractivity contribution < 1.29 is 5.11 Å². The van der Waals surface area contributed by atoms with E-state index in [1.54, 1.807) is 30.8 Å². The van der Waals surface area contributed by atoms with Crippen LogP contribution in [0, 0.1) is 0 Å². The third kappa shape index (κ3) is 2.85. The molecule has 5 heteroatoms. The molecule has 0 fully saturated rings. The summed E-state index contributed by atoms with van der Waals surface area (Å²) in [7, 11) is 0. The molecule has 1 heterocycles. The van der Waals surface area contributed by atoms with Gasteiger partial charge in [0.05, 0.1) is 11.1 Å². The van der Waals surface area contributed by atoms with Gasteiger partial charge in [0, 0.05) is 18.9 Å². The molecule has 0 aromatic carbocycles. The van der Waals surface area contributed by atoms with E-state index in [0.717, 1.165) is 0 Å². The van der Waals surface area contributed by atoms with Gasteiger partial charge in [-0.15, -0.1) is 0 Å². The fourth-order valence-electron chi connectivity index (χ4n) is 1.23. The number of aromatic nitrogens is 2. The molecule has 0 spiro atoms. The van der Waals surface area contributed by atoms with Gasteiger partial charge in [-0.25, -0.2) is 4.98 Å². The molecule has 0 atom stereocenters. The average molecular weight is 239 g/mol. The maximum atomic E-state index is 12.0. The van der Waals surface area contributed by atoms with Gasteiger partial charge < -0.3 is 15.0 Å². The lowest BCUT2D eigenvalue weighted by Crippen LogP contribution is -2.52. The topological polar surface area (TPSA) is 67.2 Å². The Kier molecular flexibility index (Phi) is 3.62. The van der Waals surface area contributed by atoms with Gasteiger partial charge in [0.2, 0.25) is 0 Å². The van der Waals surface area contributed by atoms with E-state index in [2.05, 4.69) is 10.3 Å². The fraction of sp³-hybridized carbons (Fsp3) is 0.667. The van der Waals surface area contributed by atoms with E-state index in [1.165, 1.54) is 0 Å². The van der Waals surface area contributed by atoms with Crippen LogP contribution in [0.25, 0.3) is 0 Å². The molecule has 0 aliphatic heterocycles. The highest BCUT2D eigenvalue weighted by atomic mass is 16.3. The van der Waals surface area contributed by atoms with Gasteiger partial charge in [-0.3, -0.25) is 4.79 Å². The summed E-state index contributed by atoms with van der Waals surface area (Å²) in [6.45, 7) is 9.54. The molecule has 0 radical (unpaired) electrons. The van der Waals surface area contributed by atoms with Crippen LogP contribution < -0.4 is 10.9 Å². The summed E-state index contributed by atoms with van der Waals surface area (Å²) in [4.78, 5) is 16.0. The van der Waals surface area contributed by atoms with E-state index in [0.29, 0.717) is 6.54 Å². The third-order valence-electron chi connectivity index (χ3n) is 3.21. The molecule has 1 aromatic heterocycles. The average Bonchev–Trinajstić information content (AvgIpc) is 2.19. The second-order valence-corrected chi connectivity index (χ2v) is 5.18. The van der Waals surface area contributed by atoms with Crippen LogP contribution in [0.5, 0.6) is 0 Å². The van der Waals surface area contributed by atoms with Crippen LogP contribution in [0.4, 0.5) is 5.82 Å². The summed E-state index contributed by atoms with van der Waals surface area (Å²) in [5.74, 6) is 0.265. The van der Waals surface area contributed by atoms with Gasteiger partial charge in [0.15, 0.2) is 5.82 Å². The van der Waals surface area contributed by atoms with E-state index >= 15 is 0 Å². The van der Waals surface area contributed by atoms with Gasteiger partial charge in [0.25, 0.3) is 5.56 Å². The number of hydrogen-bond acceptors (Lipinski definition) is 4. The molecule has 0 saturated carbocycles. The lowest BCUT2D eigenvalue weighted by molar-refractivity contribution is 0.0238. The van der Waals surface area contributed by atoms with Crippen LogP contribution >= 0.6 is 0 Å². The minimum Gasteiger partial charge on any atom is -0.388 e. The number of anilines is 1. The first-order chi connectivity index (χ1) is 7.69. The minimum atomic E-state index is -0.964. The molecule has 0 saturated heterocycles. The summed E-state index contributed by atoms with van der Waals surface area (Å²) in [5.41, 5.74) is -1.78. The first-order valence-electron chi connectivity index (χ1n) is 5.75. The van der Waals surface area contributed by atoms with Gasteiger partial charge in [-0.2, -0.15) is 0 Å². The lowest BCUT2D eigenvalue weighted by Gasteiger charge is -2.38. The number of nitrogens with one attached hydrogen (secondary N) is 1. The van der Waals surface area contributed by atoms with Crippen molar-refractivity contribution in [1.29, 1.82) is 0 Å². The maximum Gasteiger partial charge on any atom is 0.293 e. The predicted molar refractivity (Wildman–Crippen MR) is 68.2 cm³/mol. The molecule has 17 heavy (non-hydrogen) atoms. The molecule has 96 valence electrons. The number of aliphatic hydroxyl groups is 1. The van der Waals surface area contributed by atoms with Crippen molar-refractivity contribution in [2.45, 2.75) is 52.3 Å². The molecule has 0 unspecified atom stereocenters. The van der Waals surface area contributed by atoms with Gasteiger partial charge in [-0.1, -0.05) is 0 Å². The lowest BCUT2D eigenvalue weighted by atomic mass is 9.86. The van der Waals surface area contributed by atoms with Crippen LogP contribution in [0.3, 0.4) is 0 Å². The Morgan fingerprint density at radius 2 is 2.00 bits per heavy atom. The van der Waals surface area contributed by atoms with E-state index < -0.39 is 11.1 Å². The van der Waals surface area contributed by atoms with Crippen molar-refractivity contribution in [1.82, 2.24) is 9.55 Å². The molecule has 2 N–H and O–H groups in total. The van der Waals surface area contributed by atoms with Crippen molar-refractivity contribution >= 4 is 5.82 Å². The van der Waals surface area contributed by atoms with Gasteiger partial charge in [-0.05, 0) is 34.6 Å². The van der Waals surface area contributed by atoms with E-state index in [1.807, 2.05) is 20.8 Å². The maximum absolute atomic E-state index is 12.0. The first-order valence-corrected chi connectivity index (χ1v) is 5.75. The van der Waals surface area contributed by atoms with Crippen LogP contribution in [-0.2, 0) is 6.54 Å². The van der Waals surface area contributed by atoms with Crippen LogP contribution in [0.2, 0.25) is 0 Å². The van der Waals surface area contributed by atoms with E-state index in [9.17, 15) is 9.90 Å². The normalized spacial score (nSPS) is 12.6. The zero-order valence-corrected chi connectivity index (χ0v) is 11.1. The summed E-state index contributed by atoms with van der Waals surface area (Å²) < 4.78 is 1.57. The summed E-state index contributed by atoms with van der Waals surface area (Å²) in [6.07, 6.45) is 3.22. The molecule has 5 nitrogen and oxygen atoms in total. The zero-order chi connectivity index (χ0) is 13.3. The molecule has 1 aromatic rings. The largest absolute Gasteiger partial charge is 0.388 e. The Morgan fingerprint density at radius 3 is 2.47 bits per heavy atom. The molecule has 0 aliphatic rings. The monoisotopic (exact) mass is 239 g/mol. The van der Waals surface area contributed by atoms with Crippen LogP contribution in [0.15, 0.2) is 17.2 Å². The molecular weight excluding hydrogens is 218 g/mol. The highest BCUT2D eigenvalue weighted by Crippen LogP contribution is 2.23. The standard InChI is InChI=1S/C12H21N3O2/c1-6-15-8-7-13-9(10(15)16)14-11(2,3)12(4,5)17/h7-8,17H,6H2,1-5H3,(H,13,14). The second-order valence-electron chi connectivity index (χ2n) is 5.18. The molecule has 0 amide bonds. The minimum absolute atomic E-state index is 0.174. The quantitative estimate of drug-likeness (QED) is 0.829. The number of nitrogens with zero attached hydrogens (tertiary/aromatic N) is 2. The molecule has 1 rings (SSSR count). The van der Waals surface area contributed by atoms with E-state index in [-0.39, 0.29) is 11.4 Å². The van der Waals surface area contributed by atoms with E-state index in [4.69, 9.17) is 0 Å². The highest BCUT2D eigenvalue weighted by molar-refractivity contribution is 5.35. The molecule has 0 bridgehead atoms. The first kappa shape index (κ1) is 13.7. The number of aryl methyl sites for hydroxylation is 1. The van der Waals surface area contributed by atoms with Gasteiger partial charge in [0.1, 0.15) is 0 Å². The third-order valence-corrected chi connectivity index (χ3v) is 3.21. The van der Waals surface area contributed by atoms with Crippen molar-refractivity contribution in [2.24, 2.45) is 0 Å². The summed E-state index contributed by atoms with van der Waals surface area (Å²) >= 11 is 0. The Balaban J connectivity index is 3.09. The van der Waals surface area contributed by atoms with Crippen LogP contribution in [0.1, 0.15) is 34.6 Å². The molecule has 0 aliphatic carbocycles. The van der Waals surface area contributed by atoms with Gasteiger partial charge >= 0.3 is 0 Å². The van der Waals surface area contributed by atoms with Crippen molar-refractivity contribution in [3.63, 3.8) is 0 Å². The smallest absolute Gasteiger partial charge is 0.293 e. The Morgan fingerprint density at radius 1 is 1.41 bits per heavy atom. The second kappa shape index (κ2) is 4.49. The summed E-state index contributed by atoms with van der Waals surface area (Å²) in [6, 6.07) is 0. The fourth-order valence-corrected chi connectivity index (χ4v) is 1.23. The Hall–Kier alpha value is -1.36. The SMILES string of the molecule is CCn1ccnc(NC(C)(C)C(C)(C)O)c1=O. The number of rotatable bonds is 4. The van der Waals surface area contributed by atoms with Crippen molar-refractivity contribution in [3.8, 4) is 0 Å². The Labute approximate surface area is 102 Å². The number of hydrogen-bond donors (Lipinski definition) is 2. The predicted octanol–water partition coefficient (Wildman–Crippen LogP) is 1.22.